The van der Waals surface area contributed by atoms with Crippen molar-refractivity contribution in [3.8, 4) is 0 Å². The summed E-state index contributed by atoms with van der Waals surface area (Å²) in [6, 6.07) is 8.48. The van der Waals surface area contributed by atoms with Crippen molar-refractivity contribution < 1.29 is 4.74 Å². The van der Waals surface area contributed by atoms with Gasteiger partial charge >= 0.3 is 0 Å². The van der Waals surface area contributed by atoms with Crippen LogP contribution in [-0.2, 0) is 25.4 Å². The molecule has 0 aliphatic carbocycles. The summed E-state index contributed by atoms with van der Waals surface area (Å²) in [6.45, 7) is 1.48. The number of benzene rings is 1. The van der Waals surface area contributed by atoms with E-state index in [1.54, 1.807) is 0 Å². The highest BCUT2D eigenvalue weighted by Crippen LogP contribution is 2.28. The van der Waals surface area contributed by atoms with Crippen LogP contribution in [0.15, 0.2) is 36.7 Å². The number of rotatable bonds is 4. The number of fused-ring (bicyclic) bond motifs is 1. The first-order chi connectivity index (χ1) is 11.2. The van der Waals surface area contributed by atoms with Crippen LogP contribution < -0.4 is 5.32 Å². The number of ether oxygens (including phenoxy) is 1. The van der Waals surface area contributed by atoms with Crippen molar-refractivity contribution in [2.75, 3.05) is 6.61 Å². The highest BCUT2D eigenvalue weighted by Gasteiger charge is 2.32. The smallest absolute Gasteiger partial charge is 0.139 e. The minimum Gasteiger partial charge on any atom is -0.369 e. The molecule has 1 fully saturated rings. The molecule has 1 saturated heterocycles. The first-order valence-corrected chi connectivity index (χ1v) is 7.96. The number of aromatic nitrogens is 4. The van der Waals surface area contributed by atoms with E-state index in [9.17, 15) is 0 Å². The van der Waals surface area contributed by atoms with Crippen molar-refractivity contribution in [3.05, 3.63) is 48.3 Å². The standard InChI is InChI=1S/C17H21N5O/c1-21-9-8-18-17(21)16-13(7-10-23-16)19-11-15-20-12-5-3-4-6-14(12)22(15)2/h3-6,8-9,13,16,19H,7,10-11H2,1-2H3/t13-,16-/m0/s1. The maximum atomic E-state index is 5.90. The lowest BCUT2D eigenvalue weighted by Gasteiger charge is -2.19. The van der Waals surface area contributed by atoms with E-state index < -0.39 is 0 Å². The zero-order valence-corrected chi connectivity index (χ0v) is 13.4. The summed E-state index contributed by atoms with van der Waals surface area (Å²) in [6.07, 6.45) is 4.77. The zero-order valence-electron chi connectivity index (χ0n) is 13.4. The van der Waals surface area contributed by atoms with Gasteiger partial charge in [0, 0.05) is 39.1 Å². The normalized spacial score (nSPS) is 21.3. The minimum atomic E-state index is 0.00434. The number of para-hydroxylation sites is 2. The second kappa shape index (κ2) is 5.79. The molecule has 120 valence electrons. The van der Waals surface area contributed by atoms with Crippen molar-refractivity contribution in [1.29, 1.82) is 0 Å². The van der Waals surface area contributed by atoms with Crippen molar-refractivity contribution in [2.45, 2.75) is 25.1 Å². The molecule has 0 bridgehead atoms. The van der Waals surface area contributed by atoms with E-state index >= 15 is 0 Å². The molecular weight excluding hydrogens is 290 g/mol. The van der Waals surface area contributed by atoms with Gasteiger partial charge in [0.05, 0.1) is 17.6 Å². The molecule has 6 heteroatoms. The van der Waals surface area contributed by atoms with Crippen molar-refractivity contribution in [2.24, 2.45) is 14.1 Å². The zero-order chi connectivity index (χ0) is 15.8. The van der Waals surface area contributed by atoms with E-state index in [1.807, 2.05) is 42.2 Å². The van der Waals surface area contributed by atoms with E-state index in [1.165, 1.54) is 0 Å². The molecule has 0 saturated carbocycles. The van der Waals surface area contributed by atoms with E-state index in [0.29, 0.717) is 0 Å². The summed E-state index contributed by atoms with van der Waals surface area (Å²) in [5, 5.41) is 3.60. The molecule has 0 radical (unpaired) electrons. The van der Waals surface area contributed by atoms with Gasteiger partial charge in [-0.3, -0.25) is 0 Å². The Balaban J connectivity index is 1.51. The maximum absolute atomic E-state index is 5.90. The predicted octanol–water partition coefficient (Wildman–Crippen LogP) is 1.93. The second-order valence-corrected chi connectivity index (χ2v) is 6.04. The Morgan fingerprint density at radius 1 is 1.30 bits per heavy atom. The summed E-state index contributed by atoms with van der Waals surface area (Å²) in [7, 11) is 4.07. The fourth-order valence-corrected chi connectivity index (χ4v) is 3.28. The van der Waals surface area contributed by atoms with Gasteiger partial charge in [-0.15, -0.1) is 0 Å². The van der Waals surface area contributed by atoms with Crippen LogP contribution in [0.1, 0.15) is 24.2 Å². The number of hydrogen-bond donors (Lipinski definition) is 1. The fourth-order valence-electron chi connectivity index (χ4n) is 3.28. The molecule has 23 heavy (non-hydrogen) atoms. The second-order valence-electron chi connectivity index (χ2n) is 6.04. The summed E-state index contributed by atoms with van der Waals surface area (Å²) in [4.78, 5) is 9.15. The van der Waals surface area contributed by atoms with Gasteiger partial charge < -0.3 is 19.2 Å². The Bertz CT molecular complexity index is 821. The van der Waals surface area contributed by atoms with E-state index in [-0.39, 0.29) is 12.1 Å². The van der Waals surface area contributed by atoms with Crippen molar-refractivity contribution in [1.82, 2.24) is 24.4 Å². The molecule has 4 rings (SSSR count). The highest BCUT2D eigenvalue weighted by molar-refractivity contribution is 5.75. The topological polar surface area (TPSA) is 56.9 Å². The van der Waals surface area contributed by atoms with Crippen LogP contribution in [0, 0.1) is 0 Å². The highest BCUT2D eigenvalue weighted by atomic mass is 16.5. The van der Waals surface area contributed by atoms with Gasteiger partial charge in [0.15, 0.2) is 0 Å². The molecule has 6 nitrogen and oxygen atoms in total. The minimum absolute atomic E-state index is 0.00434. The van der Waals surface area contributed by atoms with Gasteiger partial charge in [-0.2, -0.15) is 0 Å². The molecule has 0 amide bonds. The number of hydrogen-bond acceptors (Lipinski definition) is 4. The van der Waals surface area contributed by atoms with Crippen LogP contribution in [0.4, 0.5) is 0 Å². The quantitative estimate of drug-likeness (QED) is 0.800. The summed E-state index contributed by atoms with van der Waals surface area (Å²) >= 11 is 0. The molecule has 0 unspecified atom stereocenters. The van der Waals surface area contributed by atoms with Gasteiger partial charge in [-0.1, -0.05) is 12.1 Å². The largest absolute Gasteiger partial charge is 0.369 e. The van der Waals surface area contributed by atoms with Gasteiger partial charge in [0.2, 0.25) is 0 Å². The van der Waals surface area contributed by atoms with Crippen LogP contribution in [0.5, 0.6) is 0 Å². The molecule has 0 spiro atoms. The molecule has 1 aromatic carbocycles. The molecule has 2 aromatic heterocycles. The lowest BCUT2D eigenvalue weighted by Crippen LogP contribution is -2.33. The van der Waals surface area contributed by atoms with E-state index in [0.717, 1.165) is 42.3 Å². The van der Waals surface area contributed by atoms with Crippen LogP contribution in [0.2, 0.25) is 0 Å². The molecule has 1 N–H and O–H groups in total. The molecular formula is C17H21N5O. The summed E-state index contributed by atoms with van der Waals surface area (Å²) < 4.78 is 10.1. The number of nitrogens with one attached hydrogen (secondary N) is 1. The van der Waals surface area contributed by atoms with E-state index in [4.69, 9.17) is 9.72 Å². The lowest BCUT2D eigenvalue weighted by atomic mass is 10.1. The Morgan fingerprint density at radius 2 is 2.17 bits per heavy atom. The Kier molecular flexibility index (Phi) is 3.63. The van der Waals surface area contributed by atoms with Gasteiger partial charge in [-0.05, 0) is 18.6 Å². The molecule has 3 aromatic rings. The number of nitrogens with zero attached hydrogens (tertiary/aromatic N) is 4. The molecule has 3 heterocycles. The molecule has 2 atom stereocenters. The molecule has 1 aliphatic heterocycles. The first-order valence-electron chi connectivity index (χ1n) is 7.96. The number of aryl methyl sites for hydroxylation is 2. The van der Waals surface area contributed by atoms with Crippen LogP contribution >= 0.6 is 0 Å². The third-order valence-corrected chi connectivity index (χ3v) is 4.61. The van der Waals surface area contributed by atoms with Crippen LogP contribution in [-0.4, -0.2) is 31.8 Å². The van der Waals surface area contributed by atoms with Crippen LogP contribution in [0.3, 0.4) is 0 Å². The monoisotopic (exact) mass is 311 g/mol. The third kappa shape index (κ3) is 2.54. The van der Waals surface area contributed by atoms with Crippen molar-refractivity contribution in [3.63, 3.8) is 0 Å². The first kappa shape index (κ1) is 14.4. The average Bonchev–Trinajstić information content (AvgIpc) is 3.25. The lowest BCUT2D eigenvalue weighted by molar-refractivity contribution is 0.0891. The van der Waals surface area contributed by atoms with Crippen LogP contribution in [0.25, 0.3) is 11.0 Å². The SMILES string of the molecule is Cn1ccnc1[C@H]1OCC[C@@H]1NCc1nc2ccccc2n1C. The van der Waals surface area contributed by atoms with Gasteiger partial charge in [0.1, 0.15) is 17.8 Å². The molecule has 1 aliphatic rings. The summed E-state index contributed by atoms with van der Waals surface area (Å²) in [5.41, 5.74) is 2.20. The Labute approximate surface area is 135 Å². The third-order valence-electron chi connectivity index (χ3n) is 4.61. The maximum Gasteiger partial charge on any atom is 0.139 e. The Morgan fingerprint density at radius 3 is 2.96 bits per heavy atom. The number of imidazole rings is 2. The summed E-state index contributed by atoms with van der Waals surface area (Å²) in [5.74, 6) is 2.02. The average molecular weight is 311 g/mol. The predicted molar refractivity (Wildman–Crippen MR) is 87.9 cm³/mol. The van der Waals surface area contributed by atoms with Crippen molar-refractivity contribution >= 4 is 11.0 Å². The van der Waals surface area contributed by atoms with E-state index in [2.05, 4.69) is 28.0 Å². The Hall–Kier alpha value is -2.18. The van der Waals surface area contributed by atoms with Gasteiger partial charge in [-0.25, -0.2) is 9.97 Å². The fraction of sp³-hybridized carbons (Fsp3) is 0.412. The van der Waals surface area contributed by atoms with Gasteiger partial charge in [0.25, 0.3) is 0 Å².